The van der Waals surface area contributed by atoms with Gasteiger partial charge in [-0.05, 0) is 31.2 Å². The third kappa shape index (κ3) is 1.61. The van der Waals surface area contributed by atoms with Gasteiger partial charge in [0.1, 0.15) is 0 Å². The van der Waals surface area contributed by atoms with Gasteiger partial charge in [-0.15, -0.1) is 0 Å². The van der Waals surface area contributed by atoms with Gasteiger partial charge in [-0.3, -0.25) is 15.7 Å². The largest absolute Gasteiger partial charge is 0.290 e. The van der Waals surface area contributed by atoms with E-state index in [9.17, 15) is 0 Å². The molecule has 0 amide bonds. The summed E-state index contributed by atoms with van der Waals surface area (Å²) in [5, 5.41) is 14.5. The first-order valence-corrected chi connectivity index (χ1v) is 5.60. The number of pyridine rings is 1. The summed E-state index contributed by atoms with van der Waals surface area (Å²) in [5.41, 5.74) is 4.76. The molecule has 2 heterocycles. The maximum absolute atomic E-state index is 9.14. The second-order valence-electron chi connectivity index (χ2n) is 4.04. The predicted molar refractivity (Wildman–Crippen MR) is 69.0 cm³/mol. The zero-order chi connectivity index (χ0) is 12.5. The molecule has 5 heteroatoms. The number of hydrogen-bond donors (Lipinski definition) is 2. The molecular weight excluding hydrogens is 228 g/mol. The minimum atomic E-state index is 0.531. The van der Waals surface area contributed by atoms with Gasteiger partial charge < -0.3 is 0 Å². The molecule has 0 aliphatic heterocycles. The third-order valence-corrected chi connectivity index (χ3v) is 2.80. The number of aromatic nitrogens is 3. The van der Waals surface area contributed by atoms with E-state index in [-0.39, 0.29) is 0 Å². The maximum atomic E-state index is 9.14. The lowest BCUT2D eigenvalue weighted by atomic mass is 10.2. The van der Waals surface area contributed by atoms with Crippen LogP contribution in [0.25, 0.3) is 16.6 Å². The highest BCUT2D eigenvalue weighted by molar-refractivity contribution is 5.87. The van der Waals surface area contributed by atoms with Crippen molar-refractivity contribution >= 4 is 16.7 Å². The Morgan fingerprint density at radius 2 is 2.11 bits per heavy atom. The molecule has 3 aromatic rings. The van der Waals surface area contributed by atoms with Crippen molar-refractivity contribution in [1.29, 1.82) is 0 Å². The number of benzene rings is 1. The number of hydrogen-bond acceptors (Lipinski definition) is 4. The van der Waals surface area contributed by atoms with Gasteiger partial charge in [-0.2, -0.15) is 5.10 Å². The van der Waals surface area contributed by atoms with Gasteiger partial charge in [0.25, 0.3) is 0 Å². The Morgan fingerprint density at radius 3 is 2.94 bits per heavy atom. The lowest BCUT2D eigenvalue weighted by Crippen LogP contribution is -2.03. The molecule has 0 atom stereocenters. The van der Waals surface area contributed by atoms with Crippen molar-refractivity contribution in [1.82, 2.24) is 14.8 Å². The smallest absolute Gasteiger partial charge is 0.153 e. The first-order valence-electron chi connectivity index (χ1n) is 5.60. The Kier molecular flexibility index (Phi) is 2.46. The van der Waals surface area contributed by atoms with E-state index in [1.807, 2.05) is 37.3 Å². The van der Waals surface area contributed by atoms with Crippen molar-refractivity contribution in [2.45, 2.75) is 6.92 Å². The Hall–Kier alpha value is -2.40. The van der Waals surface area contributed by atoms with Crippen LogP contribution in [-0.2, 0) is 0 Å². The number of anilines is 1. The van der Waals surface area contributed by atoms with Gasteiger partial charge in [0.15, 0.2) is 5.82 Å². The fourth-order valence-corrected chi connectivity index (χ4v) is 2.03. The summed E-state index contributed by atoms with van der Waals surface area (Å²) in [6.45, 7) is 1.88. The van der Waals surface area contributed by atoms with Crippen LogP contribution >= 0.6 is 0 Å². The summed E-state index contributed by atoms with van der Waals surface area (Å²) in [6.07, 6.45) is 1.76. The van der Waals surface area contributed by atoms with E-state index in [0.29, 0.717) is 5.82 Å². The fraction of sp³-hybridized carbons (Fsp3) is 0.0769. The highest BCUT2D eigenvalue weighted by atomic mass is 16.5. The van der Waals surface area contributed by atoms with E-state index in [2.05, 4.69) is 15.6 Å². The van der Waals surface area contributed by atoms with Crippen molar-refractivity contribution < 1.29 is 5.21 Å². The molecule has 0 saturated carbocycles. The van der Waals surface area contributed by atoms with E-state index in [1.165, 1.54) is 0 Å². The first kappa shape index (κ1) is 10.7. The number of aryl methyl sites for hydroxylation is 1. The van der Waals surface area contributed by atoms with Crippen LogP contribution in [0.3, 0.4) is 0 Å². The highest BCUT2D eigenvalue weighted by Gasteiger charge is 2.09. The zero-order valence-corrected chi connectivity index (χ0v) is 9.83. The molecule has 0 radical (unpaired) electrons. The average molecular weight is 240 g/mol. The summed E-state index contributed by atoms with van der Waals surface area (Å²) in [7, 11) is 0. The summed E-state index contributed by atoms with van der Waals surface area (Å²) < 4.78 is 1.67. The molecule has 2 N–H and O–H groups in total. The molecule has 0 bridgehead atoms. The second-order valence-corrected chi connectivity index (χ2v) is 4.04. The maximum Gasteiger partial charge on any atom is 0.153 e. The quantitative estimate of drug-likeness (QED) is 0.676. The van der Waals surface area contributed by atoms with Gasteiger partial charge in [-0.1, -0.05) is 6.07 Å². The molecule has 0 fully saturated rings. The second kappa shape index (κ2) is 4.12. The number of nitrogens with one attached hydrogen (secondary N) is 1. The Labute approximate surface area is 104 Å². The summed E-state index contributed by atoms with van der Waals surface area (Å²) in [4.78, 5) is 4.31. The van der Waals surface area contributed by atoms with Crippen molar-refractivity contribution in [3.05, 3.63) is 48.3 Å². The van der Waals surface area contributed by atoms with Crippen LogP contribution in [-0.4, -0.2) is 20.0 Å². The van der Waals surface area contributed by atoms with Gasteiger partial charge in [0.2, 0.25) is 0 Å². The fourth-order valence-electron chi connectivity index (χ4n) is 2.03. The van der Waals surface area contributed by atoms with Crippen molar-refractivity contribution in [2.75, 3.05) is 5.48 Å². The van der Waals surface area contributed by atoms with Crippen molar-refractivity contribution in [2.24, 2.45) is 0 Å². The van der Waals surface area contributed by atoms with Gasteiger partial charge in [-0.25, -0.2) is 4.68 Å². The third-order valence-electron chi connectivity index (χ3n) is 2.80. The molecule has 3 rings (SSSR count). The van der Waals surface area contributed by atoms with Crippen molar-refractivity contribution in [3.8, 4) is 5.69 Å². The topological polar surface area (TPSA) is 63.0 Å². The Balaban J connectivity index is 2.31. The average Bonchev–Trinajstić information content (AvgIpc) is 2.79. The molecule has 1 aromatic carbocycles. The number of nitrogens with zero attached hydrogens (tertiary/aromatic N) is 3. The van der Waals surface area contributed by atoms with Crippen LogP contribution in [0, 0.1) is 6.92 Å². The van der Waals surface area contributed by atoms with Crippen LogP contribution in [0.4, 0.5) is 5.82 Å². The Bertz CT molecular complexity index is 700. The summed E-state index contributed by atoms with van der Waals surface area (Å²) >= 11 is 0. The normalized spacial score (nSPS) is 10.8. The minimum absolute atomic E-state index is 0.531. The van der Waals surface area contributed by atoms with E-state index in [0.717, 1.165) is 22.3 Å². The lowest BCUT2D eigenvalue weighted by molar-refractivity contribution is 0.383. The molecule has 0 spiro atoms. The molecule has 5 nitrogen and oxygen atoms in total. The highest BCUT2D eigenvalue weighted by Crippen LogP contribution is 2.23. The van der Waals surface area contributed by atoms with E-state index in [4.69, 9.17) is 5.21 Å². The summed E-state index contributed by atoms with van der Waals surface area (Å²) in [6, 6.07) is 11.4. The van der Waals surface area contributed by atoms with Crippen LogP contribution in [0.5, 0.6) is 0 Å². The van der Waals surface area contributed by atoms with Gasteiger partial charge >= 0.3 is 0 Å². The van der Waals surface area contributed by atoms with Crippen molar-refractivity contribution in [3.63, 3.8) is 0 Å². The van der Waals surface area contributed by atoms with Crippen LogP contribution < -0.4 is 5.48 Å². The van der Waals surface area contributed by atoms with Gasteiger partial charge in [0, 0.05) is 17.6 Å². The molecule has 90 valence electrons. The Morgan fingerprint density at radius 1 is 1.22 bits per heavy atom. The van der Waals surface area contributed by atoms with Crippen LogP contribution in [0.2, 0.25) is 0 Å². The molecule has 0 aliphatic rings. The lowest BCUT2D eigenvalue weighted by Gasteiger charge is -2.08. The standard InChI is InChI=1S/C13H12N4O/c1-9-8-13(16-18)17(15-9)12-6-2-5-11-10(12)4-3-7-14-11/h2-8,16,18H,1H3. The molecule has 0 unspecified atom stereocenters. The molecule has 0 saturated heterocycles. The van der Waals surface area contributed by atoms with E-state index >= 15 is 0 Å². The molecule has 2 aromatic heterocycles. The van der Waals surface area contributed by atoms with Gasteiger partial charge in [0.05, 0.1) is 16.9 Å². The first-order chi connectivity index (χ1) is 8.79. The monoisotopic (exact) mass is 240 g/mol. The number of fused-ring (bicyclic) bond motifs is 1. The predicted octanol–water partition coefficient (Wildman–Crippen LogP) is 2.53. The molecule has 18 heavy (non-hydrogen) atoms. The number of rotatable bonds is 2. The SMILES string of the molecule is Cc1cc(NO)n(-c2cccc3ncccc23)n1. The van der Waals surface area contributed by atoms with Crippen LogP contribution in [0.15, 0.2) is 42.6 Å². The summed E-state index contributed by atoms with van der Waals surface area (Å²) in [5.74, 6) is 0.531. The molecular formula is C13H12N4O. The molecule has 0 aliphatic carbocycles. The van der Waals surface area contributed by atoms with E-state index in [1.54, 1.807) is 16.9 Å². The zero-order valence-electron chi connectivity index (χ0n) is 9.83. The van der Waals surface area contributed by atoms with Crippen LogP contribution in [0.1, 0.15) is 5.69 Å². The minimum Gasteiger partial charge on any atom is -0.290 e. The van der Waals surface area contributed by atoms with E-state index < -0.39 is 0 Å².